The van der Waals surface area contributed by atoms with Crippen LogP contribution in [0.4, 0.5) is 13.2 Å². The third-order valence-electron chi connectivity index (χ3n) is 5.44. The van der Waals surface area contributed by atoms with Crippen LogP contribution in [0.2, 0.25) is 0 Å². The zero-order chi connectivity index (χ0) is 23.3. The molecule has 0 radical (unpaired) electrons. The maximum atomic E-state index is 12.0. The van der Waals surface area contributed by atoms with Crippen LogP contribution in [0, 0.1) is 18.8 Å². The van der Waals surface area contributed by atoms with Gasteiger partial charge in [-0.25, -0.2) is 4.79 Å². The second kappa shape index (κ2) is 10.5. The number of carboxylic acid groups (broad SMARTS) is 1. The minimum Gasteiger partial charge on any atom is -0.475 e. The van der Waals surface area contributed by atoms with Crippen molar-refractivity contribution in [1.82, 2.24) is 15.4 Å². The fraction of sp³-hybridized carbons (Fsp3) is 0.550. The zero-order valence-corrected chi connectivity index (χ0v) is 18.1. The number of nitrogens with zero attached hydrogens (tertiary/aromatic N) is 2. The van der Waals surface area contributed by atoms with Gasteiger partial charge in [-0.2, -0.15) is 13.2 Å². The fourth-order valence-electron chi connectivity index (χ4n) is 3.86. The second-order valence-electron chi connectivity index (χ2n) is 7.72. The van der Waals surface area contributed by atoms with Crippen LogP contribution in [0.5, 0.6) is 0 Å². The predicted octanol–water partition coefficient (Wildman–Crippen LogP) is 2.94. The van der Waals surface area contributed by atoms with Gasteiger partial charge in [0.2, 0.25) is 5.76 Å². The molecule has 2 aliphatic heterocycles. The molecule has 0 aliphatic carbocycles. The lowest BCUT2D eigenvalue weighted by Crippen LogP contribution is -2.44. The van der Waals surface area contributed by atoms with E-state index in [0.717, 1.165) is 26.2 Å². The number of aliphatic carboxylic acids is 1. The molecule has 2 aromatic rings. The molecule has 0 bridgehead atoms. The molecule has 32 heavy (non-hydrogen) atoms. The molecule has 2 aliphatic rings. The minimum atomic E-state index is -5.08. The van der Waals surface area contributed by atoms with E-state index in [9.17, 15) is 18.0 Å². The standard InChI is InChI=1S/C18H23N3O3S.C2HF3O2/c1-12-2-3-14(25-12)9-21-7-5-13-11-23-17(15(13)10-21)8-19-18(22)16-4-6-20-24-16;3-2(4,5)1(6)7/h2-4,6,13,15,17H,5,7-11H2,1H3,(H,19,22);(H,6,7)/t13-,15-,17+;/m0./s1. The molecule has 2 saturated heterocycles. The normalized spacial score (nSPS) is 23.2. The fourth-order valence-corrected chi connectivity index (χ4v) is 4.79. The maximum Gasteiger partial charge on any atom is 0.490 e. The lowest BCUT2D eigenvalue weighted by molar-refractivity contribution is -0.192. The average molecular weight is 475 g/mol. The van der Waals surface area contributed by atoms with Gasteiger partial charge in [-0.1, -0.05) is 5.16 Å². The van der Waals surface area contributed by atoms with E-state index in [0.29, 0.717) is 18.4 Å². The van der Waals surface area contributed by atoms with Crippen molar-refractivity contribution in [3.8, 4) is 0 Å². The molecule has 0 unspecified atom stereocenters. The van der Waals surface area contributed by atoms with Crippen LogP contribution in [0.3, 0.4) is 0 Å². The first kappa shape index (κ1) is 24.2. The number of hydrogen-bond acceptors (Lipinski definition) is 7. The number of nitrogens with one attached hydrogen (secondary N) is 1. The van der Waals surface area contributed by atoms with Gasteiger partial charge in [0, 0.05) is 41.4 Å². The molecule has 8 nitrogen and oxygen atoms in total. The Balaban J connectivity index is 0.000000360. The lowest BCUT2D eigenvalue weighted by atomic mass is 9.84. The van der Waals surface area contributed by atoms with E-state index < -0.39 is 12.1 Å². The Morgan fingerprint density at radius 1 is 1.34 bits per heavy atom. The van der Waals surface area contributed by atoms with Gasteiger partial charge >= 0.3 is 12.1 Å². The van der Waals surface area contributed by atoms with Crippen molar-refractivity contribution in [2.75, 3.05) is 26.2 Å². The third-order valence-corrected chi connectivity index (χ3v) is 6.42. The second-order valence-corrected chi connectivity index (χ2v) is 9.09. The average Bonchev–Trinajstić information content (AvgIpc) is 3.47. The Morgan fingerprint density at radius 2 is 2.09 bits per heavy atom. The number of fused-ring (bicyclic) bond motifs is 1. The number of likely N-dealkylation sites (tertiary alicyclic amines) is 1. The lowest BCUT2D eigenvalue weighted by Gasteiger charge is -2.35. The monoisotopic (exact) mass is 475 g/mol. The predicted molar refractivity (Wildman–Crippen MR) is 108 cm³/mol. The van der Waals surface area contributed by atoms with Gasteiger partial charge in [0.05, 0.1) is 18.9 Å². The SMILES string of the molecule is Cc1ccc(CN2CC[C@H]3CO[C@H](CNC(=O)c4ccno4)[C@H]3C2)s1.O=C(O)C(F)(F)F. The van der Waals surface area contributed by atoms with Gasteiger partial charge in [0.25, 0.3) is 5.91 Å². The molecule has 2 aromatic heterocycles. The van der Waals surface area contributed by atoms with Crippen molar-refractivity contribution in [2.45, 2.75) is 32.2 Å². The molecular formula is C20H24F3N3O5S. The summed E-state index contributed by atoms with van der Waals surface area (Å²) in [5, 5.41) is 13.6. The number of hydrogen-bond donors (Lipinski definition) is 2. The molecule has 3 atom stereocenters. The molecule has 12 heteroatoms. The van der Waals surface area contributed by atoms with Crippen LogP contribution in [0.15, 0.2) is 28.9 Å². The highest BCUT2D eigenvalue weighted by molar-refractivity contribution is 7.11. The summed E-state index contributed by atoms with van der Waals surface area (Å²) >= 11 is 1.87. The van der Waals surface area contributed by atoms with Crippen LogP contribution in [-0.2, 0) is 16.1 Å². The van der Waals surface area contributed by atoms with Gasteiger partial charge in [-0.15, -0.1) is 11.3 Å². The number of piperidine rings is 1. The van der Waals surface area contributed by atoms with Crippen LogP contribution in [0.1, 0.15) is 26.7 Å². The Kier molecular flexibility index (Phi) is 7.91. The van der Waals surface area contributed by atoms with E-state index in [2.05, 4.69) is 34.4 Å². The molecule has 4 heterocycles. The summed E-state index contributed by atoms with van der Waals surface area (Å²) < 4.78 is 42.6. The molecule has 4 rings (SSSR count). The number of carboxylic acids is 1. The van der Waals surface area contributed by atoms with Gasteiger partial charge in [0.1, 0.15) is 0 Å². The van der Waals surface area contributed by atoms with Crippen molar-refractivity contribution >= 4 is 23.2 Å². The highest BCUT2D eigenvalue weighted by Crippen LogP contribution is 2.35. The molecule has 0 aromatic carbocycles. The van der Waals surface area contributed by atoms with E-state index in [4.69, 9.17) is 19.2 Å². The van der Waals surface area contributed by atoms with Crippen molar-refractivity contribution in [3.05, 3.63) is 39.9 Å². The van der Waals surface area contributed by atoms with Crippen LogP contribution >= 0.6 is 11.3 Å². The van der Waals surface area contributed by atoms with E-state index in [1.165, 1.54) is 22.4 Å². The number of alkyl halides is 3. The summed E-state index contributed by atoms with van der Waals surface area (Å²) in [5.41, 5.74) is 0. The summed E-state index contributed by atoms with van der Waals surface area (Å²) in [5.74, 6) is -1.66. The molecule has 2 fully saturated rings. The summed E-state index contributed by atoms with van der Waals surface area (Å²) in [6.45, 7) is 6.65. The highest BCUT2D eigenvalue weighted by Gasteiger charge is 2.41. The third kappa shape index (κ3) is 6.53. The highest BCUT2D eigenvalue weighted by atomic mass is 32.1. The number of rotatable bonds is 5. The van der Waals surface area contributed by atoms with Gasteiger partial charge < -0.3 is 19.7 Å². The van der Waals surface area contributed by atoms with E-state index >= 15 is 0 Å². The molecule has 1 amide bonds. The zero-order valence-electron chi connectivity index (χ0n) is 17.3. The largest absolute Gasteiger partial charge is 0.490 e. The Hall–Kier alpha value is -2.44. The molecular weight excluding hydrogens is 451 g/mol. The Labute approximate surface area is 186 Å². The number of ether oxygens (including phenoxy) is 1. The quantitative estimate of drug-likeness (QED) is 0.685. The summed E-state index contributed by atoms with van der Waals surface area (Å²) in [7, 11) is 0. The first-order valence-corrected chi connectivity index (χ1v) is 10.8. The maximum absolute atomic E-state index is 12.0. The van der Waals surface area contributed by atoms with Crippen molar-refractivity contribution in [2.24, 2.45) is 11.8 Å². The van der Waals surface area contributed by atoms with Gasteiger partial charge in [-0.05, 0) is 37.9 Å². The van der Waals surface area contributed by atoms with Crippen molar-refractivity contribution in [3.63, 3.8) is 0 Å². The van der Waals surface area contributed by atoms with Crippen LogP contribution in [-0.4, -0.2) is 65.6 Å². The smallest absolute Gasteiger partial charge is 0.475 e. The Bertz CT molecular complexity index is 903. The number of thiophene rings is 1. The van der Waals surface area contributed by atoms with Crippen molar-refractivity contribution < 1.29 is 37.1 Å². The number of amides is 1. The van der Waals surface area contributed by atoms with E-state index in [-0.39, 0.29) is 17.8 Å². The topological polar surface area (TPSA) is 105 Å². The van der Waals surface area contributed by atoms with E-state index in [1.54, 1.807) is 6.07 Å². The number of carbonyl (C=O) groups is 2. The number of halogens is 3. The van der Waals surface area contributed by atoms with Crippen LogP contribution < -0.4 is 5.32 Å². The first-order valence-electron chi connectivity index (χ1n) is 10.0. The van der Waals surface area contributed by atoms with Crippen molar-refractivity contribution in [1.29, 1.82) is 0 Å². The number of aryl methyl sites for hydroxylation is 1. The van der Waals surface area contributed by atoms with E-state index in [1.807, 2.05) is 11.3 Å². The molecule has 2 N–H and O–H groups in total. The van der Waals surface area contributed by atoms with Gasteiger partial charge in [0.15, 0.2) is 0 Å². The van der Waals surface area contributed by atoms with Gasteiger partial charge in [-0.3, -0.25) is 9.69 Å². The Morgan fingerprint density at radius 3 is 2.69 bits per heavy atom. The summed E-state index contributed by atoms with van der Waals surface area (Å²) in [6.07, 6.45) is -2.37. The van der Waals surface area contributed by atoms with Crippen LogP contribution in [0.25, 0.3) is 0 Å². The number of aromatic nitrogens is 1. The number of carbonyl (C=O) groups excluding carboxylic acids is 1. The molecule has 176 valence electrons. The molecule has 0 spiro atoms. The minimum absolute atomic E-state index is 0.0738. The first-order chi connectivity index (χ1) is 15.1. The summed E-state index contributed by atoms with van der Waals surface area (Å²) in [4.78, 5) is 26.2. The molecule has 0 saturated carbocycles. The summed E-state index contributed by atoms with van der Waals surface area (Å²) in [6, 6.07) is 5.98.